The fourth-order valence-electron chi connectivity index (χ4n) is 1.48. The van der Waals surface area contributed by atoms with Gasteiger partial charge in [-0.15, -0.1) is 0 Å². The summed E-state index contributed by atoms with van der Waals surface area (Å²) in [5, 5.41) is 0.606. The van der Waals surface area contributed by atoms with E-state index in [9.17, 15) is 4.39 Å². The van der Waals surface area contributed by atoms with Gasteiger partial charge in [-0.05, 0) is 19.1 Å². The summed E-state index contributed by atoms with van der Waals surface area (Å²) in [4.78, 5) is 8.33. The third-order valence-corrected chi connectivity index (χ3v) is 3.07. The molecule has 0 aliphatic rings. The van der Waals surface area contributed by atoms with Gasteiger partial charge in [-0.25, -0.2) is 14.4 Å². The van der Waals surface area contributed by atoms with Crippen molar-refractivity contribution in [3.05, 3.63) is 41.8 Å². The standard InChI is InChI=1S/C13H14FN3OS/c1-9-8-12(15)17-13(16-9)19-7-6-18-11-5-3-2-4-10(11)14/h2-5,8H,6-7H2,1H3,(H2,15,16,17). The molecule has 100 valence electrons. The minimum absolute atomic E-state index is 0.257. The van der Waals surface area contributed by atoms with Crippen LogP contribution in [-0.4, -0.2) is 22.3 Å². The summed E-state index contributed by atoms with van der Waals surface area (Å²) in [5.41, 5.74) is 6.45. The van der Waals surface area contributed by atoms with Crippen molar-refractivity contribution < 1.29 is 9.13 Å². The highest BCUT2D eigenvalue weighted by atomic mass is 32.2. The van der Waals surface area contributed by atoms with Gasteiger partial charge in [0.15, 0.2) is 16.7 Å². The molecule has 0 aliphatic carbocycles. The number of halogens is 1. The van der Waals surface area contributed by atoms with E-state index in [1.807, 2.05) is 6.92 Å². The second kappa shape index (κ2) is 6.38. The molecule has 1 heterocycles. The zero-order valence-corrected chi connectivity index (χ0v) is 11.3. The Morgan fingerprint density at radius 1 is 1.32 bits per heavy atom. The molecule has 19 heavy (non-hydrogen) atoms. The second-order valence-corrected chi connectivity index (χ2v) is 4.91. The lowest BCUT2D eigenvalue weighted by molar-refractivity contribution is 0.325. The molecule has 2 aromatic rings. The Balaban J connectivity index is 1.82. The van der Waals surface area contributed by atoms with Gasteiger partial charge in [-0.1, -0.05) is 23.9 Å². The molecular weight excluding hydrogens is 265 g/mol. The number of ether oxygens (including phenoxy) is 1. The van der Waals surface area contributed by atoms with Gasteiger partial charge in [0.05, 0.1) is 6.61 Å². The maximum absolute atomic E-state index is 13.3. The monoisotopic (exact) mass is 279 g/mol. The van der Waals surface area contributed by atoms with E-state index in [4.69, 9.17) is 10.5 Å². The molecule has 1 aromatic heterocycles. The van der Waals surface area contributed by atoms with Crippen molar-refractivity contribution in [2.75, 3.05) is 18.1 Å². The zero-order valence-electron chi connectivity index (χ0n) is 10.5. The Bertz CT molecular complexity index is 545. The average molecular weight is 279 g/mol. The predicted octanol–water partition coefficient (Wildman–Crippen LogP) is 2.68. The second-order valence-electron chi connectivity index (χ2n) is 3.84. The first-order valence-electron chi connectivity index (χ1n) is 5.76. The molecule has 2 rings (SSSR count). The summed E-state index contributed by atoms with van der Waals surface area (Å²) in [5.74, 6) is 0.971. The van der Waals surface area contributed by atoms with E-state index in [1.54, 1.807) is 24.3 Å². The molecule has 1 aromatic carbocycles. The van der Waals surface area contributed by atoms with Crippen molar-refractivity contribution >= 4 is 17.6 Å². The van der Waals surface area contributed by atoms with Crippen molar-refractivity contribution in [2.24, 2.45) is 0 Å². The highest BCUT2D eigenvalue weighted by Gasteiger charge is 2.03. The minimum atomic E-state index is -0.358. The summed E-state index contributed by atoms with van der Waals surface area (Å²) in [6.45, 7) is 2.24. The van der Waals surface area contributed by atoms with E-state index in [0.717, 1.165) is 5.69 Å². The van der Waals surface area contributed by atoms with Crippen LogP contribution in [0.3, 0.4) is 0 Å². The van der Waals surface area contributed by atoms with Crippen molar-refractivity contribution in [2.45, 2.75) is 12.1 Å². The molecule has 0 spiro atoms. The molecule has 0 atom stereocenters. The Morgan fingerprint density at radius 3 is 2.84 bits per heavy atom. The number of anilines is 1. The lowest BCUT2D eigenvalue weighted by Gasteiger charge is -2.06. The first-order valence-corrected chi connectivity index (χ1v) is 6.75. The molecule has 0 saturated heterocycles. The smallest absolute Gasteiger partial charge is 0.189 e. The van der Waals surface area contributed by atoms with Crippen LogP contribution in [0.1, 0.15) is 5.69 Å². The zero-order chi connectivity index (χ0) is 13.7. The first-order chi connectivity index (χ1) is 9.15. The quantitative estimate of drug-likeness (QED) is 0.518. The Morgan fingerprint density at radius 2 is 2.11 bits per heavy atom. The first kappa shape index (κ1) is 13.6. The summed E-state index contributed by atoms with van der Waals surface area (Å²) in [7, 11) is 0. The summed E-state index contributed by atoms with van der Waals surface area (Å²) >= 11 is 1.42. The van der Waals surface area contributed by atoms with Gasteiger partial charge in [0, 0.05) is 17.5 Å². The fourth-order valence-corrected chi connectivity index (χ4v) is 2.20. The number of nitrogens with two attached hydrogens (primary N) is 1. The lowest BCUT2D eigenvalue weighted by Crippen LogP contribution is -2.03. The lowest BCUT2D eigenvalue weighted by atomic mass is 10.3. The normalized spacial score (nSPS) is 10.4. The molecule has 4 nitrogen and oxygen atoms in total. The van der Waals surface area contributed by atoms with E-state index in [1.165, 1.54) is 17.8 Å². The van der Waals surface area contributed by atoms with Crippen LogP contribution < -0.4 is 10.5 Å². The molecule has 0 amide bonds. The van der Waals surface area contributed by atoms with Gasteiger partial charge in [-0.2, -0.15) is 0 Å². The Kier molecular flexibility index (Phi) is 4.57. The van der Waals surface area contributed by atoms with Crippen LogP contribution in [0.25, 0.3) is 0 Å². The van der Waals surface area contributed by atoms with Crippen LogP contribution in [0, 0.1) is 12.7 Å². The largest absolute Gasteiger partial charge is 0.490 e. The minimum Gasteiger partial charge on any atom is -0.490 e. The van der Waals surface area contributed by atoms with Gasteiger partial charge in [0.2, 0.25) is 0 Å². The SMILES string of the molecule is Cc1cc(N)nc(SCCOc2ccccc2F)n1. The maximum Gasteiger partial charge on any atom is 0.189 e. The molecule has 0 bridgehead atoms. The molecule has 0 aliphatic heterocycles. The number of nitrogens with zero attached hydrogens (tertiary/aromatic N) is 2. The number of hydrogen-bond donors (Lipinski definition) is 1. The van der Waals surface area contributed by atoms with E-state index >= 15 is 0 Å². The number of rotatable bonds is 5. The fraction of sp³-hybridized carbons (Fsp3) is 0.231. The summed E-state index contributed by atoms with van der Waals surface area (Å²) < 4.78 is 18.6. The number of hydrogen-bond acceptors (Lipinski definition) is 5. The van der Waals surface area contributed by atoms with E-state index < -0.39 is 0 Å². The van der Waals surface area contributed by atoms with Crippen LogP contribution in [0.5, 0.6) is 5.75 Å². The van der Waals surface area contributed by atoms with E-state index in [-0.39, 0.29) is 11.6 Å². The average Bonchev–Trinajstić information content (AvgIpc) is 2.35. The topological polar surface area (TPSA) is 61.0 Å². The van der Waals surface area contributed by atoms with Gasteiger partial charge >= 0.3 is 0 Å². The molecule has 0 radical (unpaired) electrons. The molecule has 6 heteroatoms. The van der Waals surface area contributed by atoms with Gasteiger partial charge in [0.25, 0.3) is 0 Å². The van der Waals surface area contributed by atoms with Crippen LogP contribution >= 0.6 is 11.8 Å². The van der Waals surface area contributed by atoms with Crippen LogP contribution in [0.15, 0.2) is 35.5 Å². The third-order valence-electron chi connectivity index (χ3n) is 2.26. The third kappa shape index (κ3) is 4.10. The van der Waals surface area contributed by atoms with Crippen LogP contribution in [-0.2, 0) is 0 Å². The van der Waals surface area contributed by atoms with Crippen LogP contribution in [0.2, 0.25) is 0 Å². The summed E-state index contributed by atoms with van der Waals surface area (Å²) in [6.07, 6.45) is 0. The number of aryl methyl sites for hydroxylation is 1. The van der Waals surface area contributed by atoms with Crippen molar-refractivity contribution in [1.82, 2.24) is 9.97 Å². The van der Waals surface area contributed by atoms with Crippen molar-refractivity contribution in [3.8, 4) is 5.75 Å². The van der Waals surface area contributed by atoms with E-state index in [2.05, 4.69) is 9.97 Å². The van der Waals surface area contributed by atoms with Gasteiger partial charge in [0.1, 0.15) is 5.82 Å². The molecule has 0 unspecified atom stereocenters. The maximum atomic E-state index is 13.3. The van der Waals surface area contributed by atoms with Gasteiger partial charge in [-0.3, -0.25) is 0 Å². The predicted molar refractivity (Wildman–Crippen MR) is 73.8 cm³/mol. The summed E-state index contributed by atoms with van der Waals surface area (Å²) in [6, 6.07) is 8.03. The van der Waals surface area contributed by atoms with E-state index in [0.29, 0.717) is 23.3 Å². The van der Waals surface area contributed by atoms with Crippen molar-refractivity contribution in [3.63, 3.8) is 0 Å². The molecule has 0 saturated carbocycles. The number of benzene rings is 1. The number of nitrogen functional groups attached to an aromatic ring is 1. The number of thioether (sulfide) groups is 1. The Labute approximate surface area is 115 Å². The highest BCUT2D eigenvalue weighted by Crippen LogP contribution is 2.18. The van der Waals surface area contributed by atoms with Gasteiger partial charge < -0.3 is 10.5 Å². The number of aromatic nitrogens is 2. The molecular formula is C13H14FN3OS. The van der Waals surface area contributed by atoms with Crippen molar-refractivity contribution in [1.29, 1.82) is 0 Å². The van der Waals surface area contributed by atoms with Crippen LogP contribution in [0.4, 0.5) is 10.2 Å². The number of para-hydroxylation sites is 1. The highest BCUT2D eigenvalue weighted by molar-refractivity contribution is 7.99. The molecule has 2 N–H and O–H groups in total. The Hall–Kier alpha value is -1.82. The molecule has 0 fully saturated rings.